The number of ether oxygens (including phenoxy) is 3. The second-order valence-electron chi connectivity index (χ2n) is 6.35. The third-order valence-corrected chi connectivity index (χ3v) is 5.24. The van der Waals surface area contributed by atoms with Gasteiger partial charge in [0.15, 0.2) is 12.4 Å². The van der Waals surface area contributed by atoms with Gasteiger partial charge in [-0.05, 0) is 87.7 Å². The molecule has 168 valence electrons. The van der Waals surface area contributed by atoms with Crippen LogP contribution in [-0.2, 0) is 9.53 Å². The van der Waals surface area contributed by atoms with Gasteiger partial charge in [0, 0.05) is 5.39 Å². The van der Waals surface area contributed by atoms with Gasteiger partial charge in [-0.15, -0.1) is 0 Å². The number of carbonyl (C=O) groups is 2. The van der Waals surface area contributed by atoms with Crippen LogP contribution >= 0.6 is 31.9 Å². The van der Waals surface area contributed by atoms with Crippen molar-refractivity contribution in [2.75, 3.05) is 19.8 Å². The number of nitrogens with zero attached hydrogens (tertiary/aromatic N) is 1. The quantitative estimate of drug-likeness (QED) is 0.220. The van der Waals surface area contributed by atoms with Crippen LogP contribution in [0.5, 0.6) is 11.5 Å². The molecule has 0 aliphatic heterocycles. The highest BCUT2D eigenvalue weighted by molar-refractivity contribution is 9.11. The van der Waals surface area contributed by atoms with Gasteiger partial charge in [0.25, 0.3) is 0 Å². The summed E-state index contributed by atoms with van der Waals surface area (Å²) in [5.41, 5.74) is 3.70. The van der Waals surface area contributed by atoms with Gasteiger partial charge >= 0.3 is 11.9 Å². The molecule has 0 saturated heterocycles. The maximum absolute atomic E-state index is 12.4. The maximum Gasteiger partial charge on any atom is 0.344 e. The third kappa shape index (κ3) is 6.10. The van der Waals surface area contributed by atoms with Gasteiger partial charge in [-0.3, -0.25) is 4.79 Å². The van der Waals surface area contributed by atoms with Gasteiger partial charge in [-0.1, -0.05) is 0 Å². The van der Waals surface area contributed by atoms with Crippen LogP contribution in [0, 0.1) is 0 Å². The summed E-state index contributed by atoms with van der Waals surface area (Å²) in [6.45, 7) is 4.25. The summed E-state index contributed by atoms with van der Waals surface area (Å²) in [5, 5.41) is 4.74. The van der Waals surface area contributed by atoms with Crippen LogP contribution in [0.4, 0.5) is 0 Å². The van der Waals surface area contributed by atoms with Gasteiger partial charge in [0.1, 0.15) is 17.1 Å². The monoisotopic (exact) mass is 566 g/mol. The number of amides is 1. The van der Waals surface area contributed by atoms with E-state index in [0.29, 0.717) is 38.2 Å². The Morgan fingerprint density at radius 2 is 1.81 bits per heavy atom. The fourth-order valence-electron chi connectivity index (χ4n) is 2.74. The number of rotatable bonds is 9. The summed E-state index contributed by atoms with van der Waals surface area (Å²) < 4.78 is 22.6. The Morgan fingerprint density at radius 3 is 2.50 bits per heavy atom. The molecule has 0 fully saturated rings. The van der Waals surface area contributed by atoms with Crippen LogP contribution in [0.2, 0.25) is 0 Å². The van der Waals surface area contributed by atoms with Crippen LogP contribution in [0.3, 0.4) is 0 Å². The average Bonchev–Trinajstić information content (AvgIpc) is 3.17. The van der Waals surface area contributed by atoms with Crippen molar-refractivity contribution >= 4 is 60.9 Å². The largest absolute Gasteiger partial charge is 0.494 e. The van der Waals surface area contributed by atoms with E-state index in [1.54, 1.807) is 37.3 Å². The highest BCUT2D eigenvalue weighted by Gasteiger charge is 2.13. The van der Waals surface area contributed by atoms with E-state index in [2.05, 4.69) is 42.4 Å². The minimum absolute atomic E-state index is 0.135. The molecule has 1 amide bonds. The van der Waals surface area contributed by atoms with E-state index >= 15 is 0 Å². The van der Waals surface area contributed by atoms with Crippen molar-refractivity contribution in [1.29, 1.82) is 0 Å². The molecular weight excluding hydrogens is 548 g/mol. The Kier molecular flexibility index (Phi) is 8.29. The average molecular weight is 568 g/mol. The Hall–Kier alpha value is -2.85. The molecule has 1 heterocycles. The van der Waals surface area contributed by atoms with E-state index in [4.69, 9.17) is 18.6 Å². The summed E-state index contributed by atoms with van der Waals surface area (Å²) in [4.78, 5) is 23.9. The molecule has 0 radical (unpaired) electrons. The molecule has 0 aliphatic carbocycles. The van der Waals surface area contributed by atoms with Crippen molar-refractivity contribution in [3.63, 3.8) is 0 Å². The van der Waals surface area contributed by atoms with Crippen LogP contribution < -0.4 is 14.9 Å². The zero-order valence-electron chi connectivity index (χ0n) is 17.3. The Balaban J connectivity index is 1.64. The summed E-state index contributed by atoms with van der Waals surface area (Å²) in [6, 6.07) is 10.4. The zero-order chi connectivity index (χ0) is 23.1. The molecule has 1 aromatic heterocycles. The van der Waals surface area contributed by atoms with Gasteiger partial charge in [-0.2, -0.15) is 5.10 Å². The number of hydrogen-bond acceptors (Lipinski definition) is 7. The number of halogens is 2. The summed E-state index contributed by atoms with van der Waals surface area (Å²) >= 11 is 6.80. The number of nitrogens with one attached hydrogen (secondary N) is 1. The van der Waals surface area contributed by atoms with Crippen LogP contribution in [0.1, 0.15) is 30.0 Å². The molecule has 3 rings (SSSR count). The van der Waals surface area contributed by atoms with Gasteiger partial charge in [0.05, 0.1) is 28.4 Å². The number of furan rings is 1. The van der Waals surface area contributed by atoms with Crippen LogP contribution in [-0.4, -0.2) is 37.9 Å². The predicted octanol–water partition coefficient (Wildman–Crippen LogP) is 5.06. The molecule has 2 aromatic carbocycles. The molecular formula is C22H20Br2N2O6. The lowest BCUT2D eigenvalue weighted by molar-refractivity contribution is -0.145. The lowest BCUT2D eigenvalue weighted by atomic mass is 10.2. The molecule has 1 N–H and O–H groups in total. The number of fused-ring (bicyclic) bond motifs is 1. The second kappa shape index (κ2) is 11.1. The lowest BCUT2D eigenvalue weighted by Gasteiger charge is -2.10. The Labute approximate surface area is 201 Å². The summed E-state index contributed by atoms with van der Waals surface area (Å²) in [5.74, 6) is 0.350. The predicted molar refractivity (Wildman–Crippen MR) is 126 cm³/mol. The number of carbonyl (C=O) groups excluding carboxylic acids is 2. The van der Waals surface area contributed by atoms with Crippen molar-refractivity contribution in [1.82, 2.24) is 5.43 Å². The highest BCUT2D eigenvalue weighted by Crippen LogP contribution is 2.34. The van der Waals surface area contributed by atoms with E-state index in [9.17, 15) is 9.59 Å². The van der Waals surface area contributed by atoms with Crippen molar-refractivity contribution in [2.24, 2.45) is 5.10 Å². The molecule has 0 spiro atoms. The zero-order valence-corrected chi connectivity index (χ0v) is 20.5. The van der Waals surface area contributed by atoms with Crippen molar-refractivity contribution in [2.45, 2.75) is 13.8 Å². The van der Waals surface area contributed by atoms with E-state index in [-0.39, 0.29) is 19.0 Å². The molecule has 8 nitrogen and oxygen atoms in total. The van der Waals surface area contributed by atoms with Crippen LogP contribution in [0.15, 0.2) is 54.9 Å². The van der Waals surface area contributed by atoms with E-state index in [0.717, 1.165) is 5.39 Å². The first-order valence-corrected chi connectivity index (χ1v) is 11.3. The molecule has 10 heteroatoms. The Morgan fingerprint density at radius 1 is 1.06 bits per heavy atom. The summed E-state index contributed by atoms with van der Waals surface area (Å²) in [6.07, 6.45) is 1.47. The number of benzene rings is 2. The van der Waals surface area contributed by atoms with E-state index in [1.165, 1.54) is 6.21 Å². The number of esters is 1. The summed E-state index contributed by atoms with van der Waals surface area (Å²) in [7, 11) is 0. The molecule has 0 saturated carbocycles. The minimum Gasteiger partial charge on any atom is -0.494 e. The Bertz CT molecular complexity index is 1140. The van der Waals surface area contributed by atoms with Crippen molar-refractivity contribution < 1.29 is 28.2 Å². The second-order valence-corrected chi connectivity index (χ2v) is 8.06. The lowest BCUT2D eigenvalue weighted by Crippen LogP contribution is -2.16. The smallest absolute Gasteiger partial charge is 0.344 e. The molecule has 32 heavy (non-hydrogen) atoms. The first-order chi connectivity index (χ1) is 15.4. The minimum atomic E-state index is -0.483. The van der Waals surface area contributed by atoms with Crippen molar-refractivity contribution in [3.8, 4) is 11.5 Å². The first-order valence-electron chi connectivity index (χ1n) is 9.68. The van der Waals surface area contributed by atoms with E-state index < -0.39 is 11.9 Å². The maximum atomic E-state index is 12.4. The first kappa shape index (κ1) is 23.8. The topological polar surface area (TPSA) is 99.4 Å². The van der Waals surface area contributed by atoms with Gasteiger partial charge in [-0.25, -0.2) is 10.2 Å². The fourth-order valence-corrected chi connectivity index (χ4v) is 4.19. The third-order valence-electron chi connectivity index (χ3n) is 4.06. The van der Waals surface area contributed by atoms with Gasteiger partial charge in [0.2, 0.25) is 0 Å². The van der Waals surface area contributed by atoms with Gasteiger partial charge < -0.3 is 18.6 Å². The fraction of sp³-hybridized carbons (Fsp3) is 0.227. The molecule has 3 aromatic rings. The van der Waals surface area contributed by atoms with Crippen LogP contribution in [0.25, 0.3) is 11.0 Å². The SMILES string of the molecule is CCOC(=O)COc1c(Br)cc(/C=N/NC(=O)c2cc3cc(OCC)ccc3o2)cc1Br. The standard InChI is InChI=1S/C22H20Br2N2O6/c1-3-29-15-5-6-18-14(9-15)10-19(32-18)22(28)26-25-11-13-7-16(23)21(17(24)8-13)31-12-20(27)30-4-2/h5-11H,3-4,12H2,1-2H3,(H,26,28)/b25-11+. The normalized spacial score (nSPS) is 11.0. The number of hydrazone groups is 1. The van der Waals surface area contributed by atoms with Crippen molar-refractivity contribution in [3.05, 3.63) is 56.7 Å². The number of hydrogen-bond donors (Lipinski definition) is 1. The van der Waals surface area contributed by atoms with E-state index in [1.807, 2.05) is 13.0 Å². The highest BCUT2D eigenvalue weighted by atomic mass is 79.9. The molecule has 0 aliphatic rings. The molecule has 0 unspecified atom stereocenters. The molecule has 0 bridgehead atoms. The molecule has 0 atom stereocenters.